The van der Waals surface area contributed by atoms with E-state index in [1.807, 2.05) is 44.2 Å². The van der Waals surface area contributed by atoms with E-state index in [4.69, 9.17) is 0 Å². The molecular weight excluding hydrogens is 378 g/mol. The molecule has 0 aliphatic carbocycles. The first-order valence-electron chi connectivity index (χ1n) is 8.96. The third kappa shape index (κ3) is 6.22. The van der Waals surface area contributed by atoms with Crippen molar-refractivity contribution in [3.05, 3.63) is 43.0 Å². The van der Waals surface area contributed by atoms with Crippen LogP contribution in [0.25, 0.3) is 11.3 Å². The Hall–Kier alpha value is -2.12. The Bertz CT molecular complexity index is 771. The van der Waals surface area contributed by atoms with E-state index in [1.54, 1.807) is 6.08 Å². The third-order valence-corrected chi connectivity index (χ3v) is 6.13. The van der Waals surface area contributed by atoms with Gasteiger partial charge in [0.25, 0.3) is 0 Å². The van der Waals surface area contributed by atoms with Crippen molar-refractivity contribution in [3.63, 3.8) is 0 Å². The first-order valence-corrected chi connectivity index (χ1v) is 10.8. The molecule has 1 aromatic heterocycles. The smallest absolute Gasteiger partial charge is 0.230 e. The predicted octanol–water partition coefficient (Wildman–Crippen LogP) is 4.58. The number of hydrogen-bond donors (Lipinski definition) is 2. The summed E-state index contributed by atoms with van der Waals surface area (Å²) in [6.07, 6.45) is 3.24. The highest BCUT2D eigenvalue weighted by Crippen LogP contribution is 2.37. The average molecular weight is 404 g/mol. The normalized spacial score (nSPS) is 10.6. The Morgan fingerprint density at radius 1 is 1.26 bits per heavy atom. The fourth-order valence-corrected chi connectivity index (χ4v) is 4.37. The Morgan fingerprint density at radius 2 is 1.96 bits per heavy atom. The molecular formula is C20H25N3O2S2. The highest BCUT2D eigenvalue weighted by atomic mass is 32.2. The first kappa shape index (κ1) is 21.2. The number of thiazole rings is 1. The maximum atomic E-state index is 12.5. The van der Waals surface area contributed by atoms with Crippen LogP contribution in [0.5, 0.6) is 0 Å². The minimum absolute atomic E-state index is 0.0149. The Morgan fingerprint density at radius 3 is 2.59 bits per heavy atom. The lowest BCUT2D eigenvalue weighted by molar-refractivity contribution is -0.120. The van der Waals surface area contributed by atoms with Gasteiger partial charge in [-0.15, -0.1) is 6.58 Å². The van der Waals surface area contributed by atoms with Gasteiger partial charge in [-0.05, 0) is 12.8 Å². The van der Waals surface area contributed by atoms with Crippen LogP contribution in [0.2, 0.25) is 0 Å². The summed E-state index contributed by atoms with van der Waals surface area (Å²) >= 11 is 2.77. The predicted molar refractivity (Wildman–Crippen MR) is 114 cm³/mol. The van der Waals surface area contributed by atoms with Crippen LogP contribution in [0.1, 0.15) is 26.7 Å². The van der Waals surface area contributed by atoms with E-state index in [9.17, 15) is 9.59 Å². The summed E-state index contributed by atoms with van der Waals surface area (Å²) in [6, 6.07) is 9.76. The second-order valence-electron chi connectivity index (χ2n) is 5.91. The zero-order chi connectivity index (χ0) is 19.6. The Balaban J connectivity index is 2.20. The zero-order valence-electron chi connectivity index (χ0n) is 15.7. The standard InChI is InChI=1S/C20H25N3O2S2/c1-4-12-21-16(24)13-26-20-22-17(15-10-8-7-9-11-15)19(27-20)23-18(25)14(5-2)6-3/h4,7-11,14H,1,5-6,12-13H2,2-3H3,(H,21,24)(H,23,25). The van der Waals surface area contributed by atoms with Crippen molar-refractivity contribution in [2.75, 3.05) is 17.6 Å². The molecule has 27 heavy (non-hydrogen) atoms. The number of aromatic nitrogens is 1. The van der Waals surface area contributed by atoms with E-state index in [0.717, 1.165) is 33.4 Å². The van der Waals surface area contributed by atoms with Crippen molar-refractivity contribution in [1.82, 2.24) is 10.3 Å². The number of carbonyl (C=O) groups excluding carboxylic acids is 2. The van der Waals surface area contributed by atoms with Crippen molar-refractivity contribution in [2.24, 2.45) is 5.92 Å². The topological polar surface area (TPSA) is 71.1 Å². The third-order valence-electron chi connectivity index (χ3n) is 4.02. The highest BCUT2D eigenvalue weighted by Gasteiger charge is 2.20. The van der Waals surface area contributed by atoms with E-state index < -0.39 is 0 Å². The summed E-state index contributed by atoms with van der Waals surface area (Å²) in [4.78, 5) is 29.0. The monoisotopic (exact) mass is 403 g/mol. The van der Waals surface area contributed by atoms with Crippen LogP contribution in [0.3, 0.4) is 0 Å². The highest BCUT2D eigenvalue weighted by molar-refractivity contribution is 8.01. The number of nitrogens with zero attached hydrogens (tertiary/aromatic N) is 1. The number of benzene rings is 1. The molecule has 0 bridgehead atoms. The molecule has 0 spiro atoms. The van der Waals surface area contributed by atoms with Crippen LogP contribution in [0, 0.1) is 5.92 Å². The summed E-state index contributed by atoms with van der Waals surface area (Å²) in [5, 5.41) is 6.52. The number of carbonyl (C=O) groups is 2. The summed E-state index contributed by atoms with van der Waals surface area (Å²) in [7, 11) is 0. The van der Waals surface area contributed by atoms with Gasteiger partial charge in [-0.25, -0.2) is 4.98 Å². The molecule has 7 heteroatoms. The van der Waals surface area contributed by atoms with Gasteiger partial charge in [0.05, 0.1) is 5.75 Å². The quantitative estimate of drug-likeness (QED) is 0.450. The molecule has 0 unspecified atom stereocenters. The second-order valence-corrected chi connectivity index (χ2v) is 8.13. The molecule has 5 nitrogen and oxygen atoms in total. The van der Waals surface area contributed by atoms with Crippen molar-refractivity contribution in [1.29, 1.82) is 0 Å². The van der Waals surface area contributed by atoms with Crippen molar-refractivity contribution < 1.29 is 9.59 Å². The van der Waals surface area contributed by atoms with Crippen molar-refractivity contribution >= 4 is 39.9 Å². The second kappa shape index (κ2) is 10.9. The van der Waals surface area contributed by atoms with Gasteiger partial charge >= 0.3 is 0 Å². The molecule has 2 rings (SSSR count). The SMILES string of the molecule is C=CCNC(=O)CSc1nc(-c2ccccc2)c(NC(=O)C(CC)CC)s1. The Labute approximate surface area is 168 Å². The lowest BCUT2D eigenvalue weighted by Crippen LogP contribution is -2.24. The van der Waals surface area contributed by atoms with Gasteiger partial charge in [0.2, 0.25) is 11.8 Å². The maximum Gasteiger partial charge on any atom is 0.230 e. The lowest BCUT2D eigenvalue weighted by Gasteiger charge is -2.12. The molecule has 1 heterocycles. The lowest BCUT2D eigenvalue weighted by atomic mass is 10.0. The van der Waals surface area contributed by atoms with Gasteiger partial charge < -0.3 is 10.6 Å². The van der Waals surface area contributed by atoms with E-state index in [2.05, 4.69) is 22.2 Å². The number of amides is 2. The number of nitrogens with one attached hydrogen (secondary N) is 2. The fourth-order valence-electron chi connectivity index (χ4n) is 2.48. The van der Waals surface area contributed by atoms with Crippen LogP contribution in [-0.4, -0.2) is 29.1 Å². The number of rotatable bonds is 10. The summed E-state index contributed by atoms with van der Waals surface area (Å²) in [5.41, 5.74) is 1.69. The van der Waals surface area contributed by atoms with Gasteiger partial charge in [-0.2, -0.15) is 0 Å². The number of hydrogen-bond acceptors (Lipinski definition) is 5. The molecule has 2 aromatic rings. The fraction of sp³-hybridized carbons (Fsp3) is 0.350. The van der Waals surface area contributed by atoms with E-state index in [-0.39, 0.29) is 23.5 Å². The van der Waals surface area contributed by atoms with E-state index >= 15 is 0 Å². The zero-order valence-corrected chi connectivity index (χ0v) is 17.3. The molecule has 2 N–H and O–H groups in total. The van der Waals surface area contributed by atoms with Crippen molar-refractivity contribution in [3.8, 4) is 11.3 Å². The summed E-state index contributed by atoms with van der Waals surface area (Å²) in [6.45, 7) is 8.06. The van der Waals surface area contributed by atoms with Gasteiger partial charge in [-0.3, -0.25) is 9.59 Å². The number of anilines is 1. The Kier molecular flexibility index (Phi) is 8.54. The summed E-state index contributed by atoms with van der Waals surface area (Å²) < 4.78 is 0.752. The average Bonchev–Trinajstić information content (AvgIpc) is 3.09. The van der Waals surface area contributed by atoms with Gasteiger partial charge in [0, 0.05) is 18.0 Å². The van der Waals surface area contributed by atoms with Crippen LogP contribution < -0.4 is 10.6 Å². The van der Waals surface area contributed by atoms with Crippen LogP contribution >= 0.6 is 23.1 Å². The largest absolute Gasteiger partial charge is 0.352 e. The van der Waals surface area contributed by atoms with Crippen LogP contribution in [0.15, 0.2) is 47.3 Å². The molecule has 0 saturated heterocycles. The molecule has 0 aliphatic heterocycles. The van der Waals surface area contributed by atoms with Gasteiger partial charge in [0.15, 0.2) is 4.34 Å². The maximum absolute atomic E-state index is 12.5. The van der Waals surface area contributed by atoms with E-state index in [0.29, 0.717) is 6.54 Å². The number of thioether (sulfide) groups is 1. The molecule has 0 atom stereocenters. The molecule has 0 fully saturated rings. The minimum atomic E-state index is -0.0704. The molecule has 0 saturated carbocycles. The molecule has 1 aromatic carbocycles. The van der Waals surface area contributed by atoms with Gasteiger partial charge in [0.1, 0.15) is 10.7 Å². The summed E-state index contributed by atoms with van der Waals surface area (Å²) in [5.74, 6) is 0.201. The molecule has 0 aliphatic rings. The first-order chi connectivity index (χ1) is 13.1. The molecule has 144 valence electrons. The van der Waals surface area contributed by atoms with Crippen molar-refractivity contribution in [2.45, 2.75) is 31.0 Å². The van der Waals surface area contributed by atoms with Gasteiger partial charge in [-0.1, -0.05) is 73.4 Å². The van der Waals surface area contributed by atoms with Crippen LogP contribution in [0.4, 0.5) is 5.00 Å². The molecule has 2 amide bonds. The van der Waals surface area contributed by atoms with Crippen LogP contribution in [-0.2, 0) is 9.59 Å². The van der Waals surface area contributed by atoms with E-state index in [1.165, 1.54) is 23.1 Å². The molecule has 0 radical (unpaired) electrons. The minimum Gasteiger partial charge on any atom is -0.352 e.